The lowest BCUT2D eigenvalue weighted by Gasteiger charge is -2.18. The molecule has 15 heavy (non-hydrogen) atoms. The van der Waals surface area contributed by atoms with Crippen molar-refractivity contribution >= 4 is 0 Å². The van der Waals surface area contributed by atoms with Gasteiger partial charge >= 0.3 is 0 Å². The van der Waals surface area contributed by atoms with Crippen LogP contribution in [0.25, 0.3) is 0 Å². The minimum Gasteiger partial charge on any atom is -0.317 e. The molecule has 0 saturated heterocycles. The van der Waals surface area contributed by atoms with Gasteiger partial charge in [-0.05, 0) is 45.2 Å². The first-order chi connectivity index (χ1) is 7.20. The van der Waals surface area contributed by atoms with Crippen LogP contribution in [0.4, 0.5) is 0 Å². The SMILES string of the molecule is CNC1CCCC1Cc1cc(C)nn1C. The van der Waals surface area contributed by atoms with E-state index in [1.54, 1.807) is 0 Å². The molecule has 0 spiro atoms. The van der Waals surface area contributed by atoms with Gasteiger partial charge in [-0.3, -0.25) is 4.68 Å². The maximum atomic E-state index is 4.40. The molecule has 1 saturated carbocycles. The van der Waals surface area contributed by atoms with Gasteiger partial charge in [-0.15, -0.1) is 0 Å². The van der Waals surface area contributed by atoms with E-state index in [2.05, 4.69) is 30.5 Å². The van der Waals surface area contributed by atoms with Crippen molar-refractivity contribution in [1.82, 2.24) is 15.1 Å². The van der Waals surface area contributed by atoms with E-state index >= 15 is 0 Å². The molecule has 1 aromatic rings. The first kappa shape index (κ1) is 10.7. The second-order valence-corrected chi connectivity index (χ2v) is 4.69. The van der Waals surface area contributed by atoms with E-state index in [0.29, 0.717) is 6.04 Å². The molecule has 1 aliphatic rings. The summed E-state index contributed by atoms with van der Waals surface area (Å²) in [7, 11) is 4.13. The predicted molar refractivity (Wildman–Crippen MR) is 61.8 cm³/mol. The van der Waals surface area contributed by atoms with Crippen molar-refractivity contribution in [1.29, 1.82) is 0 Å². The van der Waals surface area contributed by atoms with E-state index in [9.17, 15) is 0 Å². The van der Waals surface area contributed by atoms with E-state index in [0.717, 1.165) is 11.6 Å². The molecule has 1 fully saturated rings. The largest absolute Gasteiger partial charge is 0.317 e. The van der Waals surface area contributed by atoms with Gasteiger partial charge in [0, 0.05) is 18.8 Å². The summed E-state index contributed by atoms with van der Waals surface area (Å²) in [6.07, 6.45) is 5.23. The summed E-state index contributed by atoms with van der Waals surface area (Å²) in [5.74, 6) is 0.796. The molecule has 1 heterocycles. The lowest BCUT2D eigenvalue weighted by Crippen LogP contribution is -2.30. The standard InChI is InChI=1S/C12H21N3/c1-9-7-11(15(3)14-9)8-10-5-4-6-12(10)13-2/h7,10,12-13H,4-6,8H2,1-3H3. The molecule has 0 amide bonds. The lowest BCUT2D eigenvalue weighted by molar-refractivity contribution is 0.414. The Kier molecular flexibility index (Phi) is 3.10. The fourth-order valence-corrected chi connectivity index (χ4v) is 2.79. The predicted octanol–water partition coefficient (Wildman–Crippen LogP) is 1.66. The highest BCUT2D eigenvalue weighted by molar-refractivity contribution is 5.10. The van der Waals surface area contributed by atoms with Gasteiger partial charge < -0.3 is 5.32 Å². The summed E-state index contributed by atoms with van der Waals surface area (Å²) in [6, 6.07) is 2.92. The highest BCUT2D eigenvalue weighted by Gasteiger charge is 2.26. The fourth-order valence-electron chi connectivity index (χ4n) is 2.79. The topological polar surface area (TPSA) is 29.9 Å². The third kappa shape index (κ3) is 2.23. The van der Waals surface area contributed by atoms with E-state index in [1.807, 2.05) is 11.7 Å². The number of rotatable bonds is 3. The number of nitrogens with one attached hydrogen (secondary N) is 1. The van der Waals surface area contributed by atoms with Crippen molar-refractivity contribution in [3.05, 3.63) is 17.5 Å². The highest BCUT2D eigenvalue weighted by Crippen LogP contribution is 2.28. The molecule has 0 aliphatic heterocycles. The second kappa shape index (κ2) is 4.35. The zero-order valence-electron chi connectivity index (χ0n) is 9.95. The molecule has 3 heteroatoms. The zero-order chi connectivity index (χ0) is 10.8. The smallest absolute Gasteiger partial charge is 0.0596 e. The highest BCUT2D eigenvalue weighted by atomic mass is 15.3. The van der Waals surface area contributed by atoms with Crippen molar-refractivity contribution in [2.45, 2.75) is 38.6 Å². The zero-order valence-corrected chi connectivity index (χ0v) is 9.95. The average molecular weight is 207 g/mol. The van der Waals surface area contributed by atoms with Crippen molar-refractivity contribution in [2.24, 2.45) is 13.0 Å². The Hall–Kier alpha value is -0.830. The van der Waals surface area contributed by atoms with Crippen LogP contribution in [0, 0.1) is 12.8 Å². The van der Waals surface area contributed by atoms with Crippen LogP contribution in [0.1, 0.15) is 30.7 Å². The van der Waals surface area contributed by atoms with Crippen LogP contribution < -0.4 is 5.32 Å². The van der Waals surface area contributed by atoms with Gasteiger partial charge in [0.1, 0.15) is 0 Å². The van der Waals surface area contributed by atoms with E-state index in [4.69, 9.17) is 0 Å². The molecular formula is C12H21N3. The summed E-state index contributed by atoms with van der Waals surface area (Å²) in [4.78, 5) is 0. The number of aryl methyl sites for hydroxylation is 2. The molecule has 0 aromatic carbocycles. The Morgan fingerprint density at radius 1 is 1.53 bits per heavy atom. The molecule has 2 atom stereocenters. The summed E-state index contributed by atoms with van der Waals surface area (Å²) >= 11 is 0. The van der Waals surface area contributed by atoms with Crippen LogP contribution in [-0.2, 0) is 13.5 Å². The normalized spacial score (nSPS) is 26.1. The van der Waals surface area contributed by atoms with E-state index < -0.39 is 0 Å². The van der Waals surface area contributed by atoms with Gasteiger partial charge in [0.15, 0.2) is 0 Å². The van der Waals surface area contributed by atoms with E-state index in [1.165, 1.54) is 31.4 Å². The molecule has 0 radical (unpaired) electrons. The van der Waals surface area contributed by atoms with Crippen LogP contribution in [0.15, 0.2) is 6.07 Å². The van der Waals surface area contributed by atoms with Crippen LogP contribution >= 0.6 is 0 Å². The van der Waals surface area contributed by atoms with Crippen molar-refractivity contribution < 1.29 is 0 Å². The molecule has 1 N–H and O–H groups in total. The Balaban J connectivity index is 2.05. The molecule has 0 bridgehead atoms. The monoisotopic (exact) mass is 207 g/mol. The Bertz CT molecular complexity index is 330. The van der Waals surface area contributed by atoms with Gasteiger partial charge in [-0.1, -0.05) is 6.42 Å². The maximum absolute atomic E-state index is 4.40. The van der Waals surface area contributed by atoms with Gasteiger partial charge in [-0.25, -0.2) is 0 Å². The first-order valence-electron chi connectivity index (χ1n) is 5.87. The lowest BCUT2D eigenvalue weighted by atomic mass is 9.97. The third-order valence-corrected chi connectivity index (χ3v) is 3.60. The van der Waals surface area contributed by atoms with Crippen LogP contribution in [0.3, 0.4) is 0 Å². The fraction of sp³-hybridized carbons (Fsp3) is 0.750. The molecule has 2 unspecified atom stereocenters. The minimum atomic E-state index is 0.709. The van der Waals surface area contributed by atoms with Crippen molar-refractivity contribution in [3.63, 3.8) is 0 Å². The molecule has 84 valence electrons. The molecular weight excluding hydrogens is 186 g/mol. The number of aromatic nitrogens is 2. The summed E-state index contributed by atoms with van der Waals surface area (Å²) in [5.41, 5.74) is 2.51. The molecule has 2 rings (SSSR count). The number of hydrogen-bond donors (Lipinski definition) is 1. The summed E-state index contributed by atoms with van der Waals surface area (Å²) < 4.78 is 2.03. The Labute approximate surface area is 91.9 Å². The maximum Gasteiger partial charge on any atom is 0.0596 e. The molecule has 1 aliphatic carbocycles. The Morgan fingerprint density at radius 2 is 2.33 bits per heavy atom. The van der Waals surface area contributed by atoms with Crippen molar-refractivity contribution in [3.8, 4) is 0 Å². The average Bonchev–Trinajstić information content (AvgIpc) is 2.74. The van der Waals surface area contributed by atoms with Gasteiger partial charge in [0.25, 0.3) is 0 Å². The molecule has 1 aromatic heterocycles. The quantitative estimate of drug-likeness (QED) is 0.817. The van der Waals surface area contributed by atoms with Crippen LogP contribution in [-0.4, -0.2) is 22.9 Å². The first-order valence-corrected chi connectivity index (χ1v) is 5.87. The third-order valence-electron chi connectivity index (χ3n) is 3.60. The minimum absolute atomic E-state index is 0.709. The summed E-state index contributed by atoms with van der Waals surface area (Å²) in [5, 5.41) is 7.83. The summed E-state index contributed by atoms with van der Waals surface area (Å²) in [6.45, 7) is 2.06. The van der Waals surface area contributed by atoms with Crippen LogP contribution in [0.5, 0.6) is 0 Å². The second-order valence-electron chi connectivity index (χ2n) is 4.69. The van der Waals surface area contributed by atoms with Crippen molar-refractivity contribution in [2.75, 3.05) is 7.05 Å². The van der Waals surface area contributed by atoms with Gasteiger partial charge in [-0.2, -0.15) is 5.10 Å². The van der Waals surface area contributed by atoms with Gasteiger partial charge in [0.2, 0.25) is 0 Å². The van der Waals surface area contributed by atoms with Gasteiger partial charge in [0.05, 0.1) is 5.69 Å². The Morgan fingerprint density at radius 3 is 2.93 bits per heavy atom. The number of nitrogens with zero attached hydrogens (tertiary/aromatic N) is 2. The molecule has 3 nitrogen and oxygen atoms in total. The number of hydrogen-bond acceptors (Lipinski definition) is 2. The van der Waals surface area contributed by atoms with E-state index in [-0.39, 0.29) is 0 Å². The van der Waals surface area contributed by atoms with Crippen LogP contribution in [0.2, 0.25) is 0 Å².